The molecule has 5 nitrogen and oxygen atoms in total. The molecule has 1 aliphatic heterocycles. The predicted molar refractivity (Wildman–Crippen MR) is 76.9 cm³/mol. The number of benzene rings is 1. The van der Waals surface area contributed by atoms with E-state index in [1.54, 1.807) is 13.0 Å². The van der Waals surface area contributed by atoms with Crippen molar-refractivity contribution in [1.82, 2.24) is 15.3 Å². The number of H-pyrrole nitrogens is 1. The van der Waals surface area contributed by atoms with Crippen LogP contribution >= 0.6 is 0 Å². The Morgan fingerprint density at radius 1 is 1.50 bits per heavy atom. The van der Waals surface area contributed by atoms with E-state index in [9.17, 15) is 4.79 Å². The third-order valence-electron chi connectivity index (χ3n) is 3.69. The molecule has 1 atom stereocenters. The summed E-state index contributed by atoms with van der Waals surface area (Å²) >= 11 is 0. The maximum absolute atomic E-state index is 11.7. The van der Waals surface area contributed by atoms with Crippen molar-refractivity contribution in [2.24, 2.45) is 0 Å². The Morgan fingerprint density at radius 3 is 3.15 bits per heavy atom. The van der Waals surface area contributed by atoms with Crippen molar-refractivity contribution in [2.75, 3.05) is 19.7 Å². The lowest BCUT2D eigenvalue weighted by molar-refractivity contribution is 0.0526. The normalized spacial score (nSPS) is 19.1. The van der Waals surface area contributed by atoms with Crippen LogP contribution in [0.5, 0.6) is 0 Å². The average Bonchev–Trinajstić information content (AvgIpc) is 2.91. The van der Waals surface area contributed by atoms with Gasteiger partial charge in [0.05, 0.1) is 23.2 Å². The van der Waals surface area contributed by atoms with Gasteiger partial charge in [-0.2, -0.15) is 0 Å². The summed E-state index contributed by atoms with van der Waals surface area (Å²) in [6.07, 6.45) is 2.33. The van der Waals surface area contributed by atoms with Crippen molar-refractivity contribution in [3.8, 4) is 0 Å². The summed E-state index contributed by atoms with van der Waals surface area (Å²) in [5, 5.41) is 3.39. The van der Waals surface area contributed by atoms with E-state index >= 15 is 0 Å². The largest absolute Gasteiger partial charge is 0.462 e. The van der Waals surface area contributed by atoms with Gasteiger partial charge in [-0.3, -0.25) is 0 Å². The molecule has 0 saturated carbocycles. The van der Waals surface area contributed by atoms with Gasteiger partial charge in [-0.05, 0) is 44.5 Å². The second-order valence-corrected chi connectivity index (χ2v) is 5.12. The molecule has 1 fully saturated rings. The molecule has 1 unspecified atom stereocenters. The first-order valence-corrected chi connectivity index (χ1v) is 7.15. The van der Waals surface area contributed by atoms with Gasteiger partial charge in [-0.1, -0.05) is 0 Å². The van der Waals surface area contributed by atoms with Crippen LogP contribution in [0.15, 0.2) is 18.2 Å². The number of piperidine rings is 1. The molecule has 2 aromatic rings. The summed E-state index contributed by atoms with van der Waals surface area (Å²) < 4.78 is 5.02. The van der Waals surface area contributed by atoms with E-state index in [4.69, 9.17) is 4.74 Å². The molecule has 0 spiro atoms. The number of hydrogen-bond donors (Lipinski definition) is 2. The highest BCUT2D eigenvalue weighted by atomic mass is 16.5. The average molecular weight is 273 g/mol. The Morgan fingerprint density at radius 2 is 2.40 bits per heavy atom. The molecular weight excluding hydrogens is 254 g/mol. The van der Waals surface area contributed by atoms with Gasteiger partial charge in [0.1, 0.15) is 5.82 Å². The van der Waals surface area contributed by atoms with Gasteiger partial charge >= 0.3 is 5.97 Å². The van der Waals surface area contributed by atoms with Crippen LogP contribution in [-0.4, -0.2) is 35.6 Å². The molecule has 2 N–H and O–H groups in total. The Hall–Kier alpha value is -1.88. The summed E-state index contributed by atoms with van der Waals surface area (Å²) in [5.41, 5.74) is 2.37. The second kappa shape index (κ2) is 5.63. The molecule has 3 rings (SSSR count). The smallest absolute Gasteiger partial charge is 0.338 e. The van der Waals surface area contributed by atoms with Crippen molar-refractivity contribution in [2.45, 2.75) is 25.7 Å². The summed E-state index contributed by atoms with van der Waals surface area (Å²) in [6.45, 7) is 4.24. The number of nitrogens with one attached hydrogen (secondary N) is 2. The molecule has 2 heterocycles. The number of esters is 1. The Labute approximate surface area is 117 Å². The molecule has 1 aromatic carbocycles. The fourth-order valence-electron chi connectivity index (χ4n) is 2.65. The van der Waals surface area contributed by atoms with Gasteiger partial charge in [0.25, 0.3) is 0 Å². The van der Waals surface area contributed by atoms with Crippen molar-refractivity contribution in [3.05, 3.63) is 29.6 Å². The van der Waals surface area contributed by atoms with Gasteiger partial charge in [-0.15, -0.1) is 0 Å². The number of carbonyl (C=O) groups is 1. The van der Waals surface area contributed by atoms with Crippen LogP contribution in [0.1, 0.15) is 41.9 Å². The zero-order valence-electron chi connectivity index (χ0n) is 11.6. The lowest BCUT2D eigenvalue weighted by atomic mass is 9.99. The van der Waals surface area contributed by atoms with Crippen LogP contribution in [-0.2, 0) is 4.74 Å². The molecule has 0 radical (unpaired) electrons. The van der Waals surface area contributed by atoms with Crippen LogP contribution in [0.2, 0.25) is 0 Å². The molecule has 20 heavy (non-hydrogen) atoms. The third kappa shape index (κ3) is 2.54. The zero-order valence-corrected chi connectivity index (χ0v) is 11.6. The van der Waals surface area contributed by atoms with E-state index in [2.05, 4.69) is 15.3 Å². The molecule has 5 heteroatoms. The van der Waals surface area contributed by atoms with Crippen molar-refractivity contribution in [3.63, 3.8) is 0 Å². The Balaban J connectivity index is 1.88. The van der Waals surface area contributed by atoms with Crippen LogP contribution in [0.3, 0.4) is 0 Å². The topological polar surface area (TPSA) is 67.0 Å². The fourth-order valence-corrected chi connectivity index (χ4v) is 2.65. The minimum absolute atomic E-state index is 0.287. The summed E-state index contributed by atoms with van der Waals surface area (Å²) in [5.74, 6) is 1.15. The first-order valence-electron chi connectivity index (χ1n) is 7.15. The van der Waals surface area contributed by atoms with Gasteiger partial charge < -0.3 is 15.0 Å². The van der Waals surface area contributed by atoms with Gasteiger partial charge in [0, 0.05) is 12.5 Å². The van der Waals surface area contributed by atoms with Crippen molar-refractivity contribution in [1.29, 1.82) is 0 Å². The number of hydrogen-bond acceptors (Lipinski definition) is 4. The summed E-state index contributed by atoms with van der Waals surface area (Å²) in [6, 6.07) is 5.46. The van der Waals surface area contributed by atoms with E-state index in [1.807, 2.05) is 12.1 Å². The number of aromatic amines is 1. The standard InChI is InChI=1S/C15H19N3O2/c1-2-20-15(19)10-5-6-12-13(8-10)18-14(17-12)11-4-3-7-16-9-11/h5-6,8,11,16H,2-4,7,9H2,1H3,(H,17,18). The number of nitrogens with zero attached hydrogens (tertiary/aromatic N) is 1. The van der Waals surface area contributed by atoms with E-state index in [0.717, 1.165) is 36.4 Å². The molecule has 1 saturated heterocycles. The zero-order chi connectivity index (χ0) is 13.9. The van der Waals surface area contributed by atoms with Crippen LogP contribution in [0.4, 0.5) is 0 Å². The van der Waals surface area contributed by atoms with Gasteiger partial charge in [-0.25, -0.2) is 9.78 Å². The maximum atomic E-state index is 11.7. The van der Waals surface area contributed by atoms with Crippen LogP contribution in [0.25, 0.3) is 11.0 Å². The minimum Gasteiger partial charge on any atom is -0.462 e. The maximum Gasteiger partial charge on any atom is 0.338 e. The molecular formula is C15H19N3O2. The van der Waals surface area contributed by atoms with Gasteiger partial charge in [0.15, 0.2) is 0 Å². The summed E-state index contributed by atoms with van der Waals surface area (Å²) in [7, 11) is 0. The van der Waals surface area contributed by atoms with Crippen molar-refractivity contribution < 1.29 is 9.53 Å². The quantitative estimate of drug-likeness (QED) is 0.841. The van der Waals surface area contributed by atoms with Crippen LogP contribution < -0.4 is 5.32 Å². The monoisotopic (exact) mass is 273 g/mol. The minimum atomic E-state index is -0.287. The predicted octanol–water partition coefficient (Wildman–Crippen LogP) is 2.21. The van der Waals surface area contributed by atoms with Gasteiger partial charge in [0.2, 0.25) is 0 Å². The number of ether oxygens (including phenoxy) is 1. The first-order chi connectivity index (χ1) is 9.78. The first kappa shape index (κ1) is 13.1. The molecule has 1 aliphatic rings. The lowest BCUT2D eigenvalue weighted by Crippen LogP contribution is -2.28. The highest BCUT2D eigenvalue weighted by Gasteiger charge is 2.19. The second-order valence-electron chi connectivity index (χ2n) is 5.12. The van der Waals surface area contributed by atoms with E-state index in [-0.39, 0.29) is 5.97 Å². The Bertz CT molecular complexity index is 615. The van der Waals surface area contributed by atoms with Crippen molar-refractivity contribution >= 4 is 17.0 Å². The molecule has 1 aromatic heterocycles. The summed E-state index contributed by atoms with van der Waals surface area (Å²) in [4.78, 5) is 19.7. The number of rotatable bonds is 3. The number of aromatic nitrogens is 2. The molecule has 106 valence electrons. The number of imidazole rings is 1. The highest BCUT2D eigenvalue weighted by Crippen LogP contribution is 2.24. The number of carbonyl (C=O) groups excluding carboxylic acids is 1. The Kier molecular flexibility index (Phi) is 3.69. The SMILES string of the molecule is CCOC(=O)c1ccc2nc(C3CCCNC3)[nH]c2c1. The highest BCUT2D eigenvalue weighted by molar-refractivity contribution is 5.93. The van der Waals surface area contributed by atoms with E-state index < -0.39 is 0 Å². The molecule has 0 bridgehead atoms. The molecule has 0 aliphatic carbocycles. The van der Waals surface area contributed by atoms with E-state index in [0.29, 0.717) is 18.1 Å². The van der Waals surface area contributed by atoms with Crippen LogP contribution in [0, 0.1) is 0 Å². The fraction of sp³-hybridized carbons (Fsp3) is 0.467. The number of fused-ring (bicyclic) bond motifs is 1. The van der Waals surface area contributed by atoms with E-state index in [1.165, 1.54) is 6.42 Å². The third-order valence-corrected chi connectivity index (χ3v) is 3.69. The molecule has 0 amide bonds. The lowest BCUT2D eigenvalue weighted by Gasteiger charge is -2.20.